The third kappa shape index (κ3) is 3.00. The van der Waals surface area contributed by atoms with Gasteiger partial charge in [-0.15, -0.1) is 0 Å². The predicted octanol–water partition coefficient (Wildman–Crippen LogP) is -0.516. The molecule has 1 aliphatic rings. The topological polar surface area (TPSA) is 115 Å². The van der Waals surface area contributed by atoms with Crippen LogP contribution in [-0.4, -0.2) is 40.8 Å². The highest BCUT2D eigenvalue weighted by atomic mass is 32.2. The van der Waals surface area contributed by atoms with Gasteiger partial charge in [0.25, 0.3) is 0 Å². The molecule has 7 nitrogen and oxygen atoms in total. The molecule has 20 heavy (non-hydrogen) atoms. The van der Waals surface area contributed by atoms with Crippen LogP contribution in [0.25, 0.3) is 0 Å². The Morgan fingerprint density at radius 2 is 1.70 bits per heavy atom. The molecular formula is C11H14N2O5S2. The average molecular weight is 318 g/mol. The summed E-state index contributed by atoms with van der Waals surface area (Å²) >= 11 is 0. The summed E-state index contributed by atoms with van der Waals surface area (Å²) in [5, 5.41) is 4.11. The minimum Gasteiger partial charge on any atom is -0.311 e. The van der Waals surface area contributed by atoms with Gasteiger partial charge in [-0.25, -0.2) is 22.0 Å². The molecule has 0 aliphatic carbocycles. The lowest BCUT2D eigenvalue weighted by Crippen LogP contribution is -2.32. The molecule has 1 unspecified atom stereocenters. The maximum absolute atomic E-state index is 11.8. The highest BCUT2D eigenvalue weighted by molar-refractivity contribution is 7.90. The first kappa shape index (κ1) is 14.9. The zero-order chi connectivity index (χ0) is 15.1. The van der Waals surface area contributed by atoms with E-state index in [0.717, 1.165) is 6.26 Å². The van der Waals surface area contributed by atoms with E-state index in [1.165, 1.54) is 29.2 Å². The van der Waals surface area contributed by atoms with Crippen LogP contribution in [0.15, 0.2) is 29.2 Å². The van der Waals surface area contributed by atoms with Crippen molar-refractivity contribution in [3.63, 3.8) is 0 Å². The SMILES string of the molecule is CS(=O)(=O)c1ccc(N2CC(S(N)(=O)=O)CC2=O)cc1. The van der Waals surface area contributed by atoms with Gasteiger partial charge < -0.3 is 4.90 Å². The van der Waals surface area contributed by atoms with Gasteiger partial charge in [0, 0.05) is 24.9 Å². The molecule has 0 spiro atoms. The number of primary sulfonamides is 1. The highest BCUT2D eigenvalue weighted by Gasteiger charge is 2.37. The van der Waals surface area contributed by atoms with Crippen LogP contribution in [0.5, 0.6) is 0 Å². The van der Waals surface area contributed by atoms with Gasteiger partial charge in [0.1, 0.15) is 5.25 Å². The van der Waals surface area contributed by atoms with E-state index in [1.54, 1.807) is 0 Å². The summed E-state index contributed by atoms with van der Waals surface area (Å²) in [6.45, 7) is -0.0180. The molecule has 1 heterocycles. The molecule has 0 radical (unpaired) electrons. The predicted molar refractivity (Wildman–Crippen MR) is 73.4 cm³/mol. The molecule has 1 aromatic carbocycles. The molecular weight excluding hydrogens is 304 g/mol. The molecule has 1 aromatic rings. The lowest BCUT2D eigenvalue weighted by Gasteiger charge is -2.16. The molecule has 1 atom stereocenters. The normalized spacial score (nSPS) is 20.4. The minimum absolute atomic E-state index is 0.0180. The van der Waals surface area contributed by atoms with E-state index in [1.807, 2.05) is 0 Å². The van der Waals surface area contributed by atoms with Gasteiger partial charge >= 0.3 is 0 Å². The van der Waals surface area contributed by atoms with Crippen molar-refractivity contribution >= 4 is 31.5 Å². The number of anilines is 1. The number of benzene rings is 1. The fourth-order valence-electron chi connectivity index (χ4n) is 2.02. The van der Waals surface area contributed by atoms with Gasteiger partial charge in [-0.1, -0.05) is 0 Å². The Hall–Kier alpha value is -1.45. The first-order valence-corrected chi connectivity index (χ1v) is 9.21. The van der Waals surface area contributed by atoms with Gasteiger partial charge in [0.2, 0.25) is 15.9 Å². The van der Waals surface area contributed by atoms with Crippen LogP contribution in [0.1, 0.15) is 6.42 Å². The lowest BCUT2D eigenvalue weighted by molar-refractivity contribution is -0.117. The number of hydrogen-bond acceptors (Lipinski definition) is 5. The van der Waals surface area contributed by atoms with Crippen LogP contribution in [0.2, 0.25) is 0 Å². The van der Waals surface area contributed by atoms with Gasteiger partial charge in [-0.05, 0) is 24.3 Å². The van der Waals surface area contributed by atoms with Crippen molar-refractivity contribution < 1.29 is 21.6 Å². The summed E-state index contributed by atoms with van der Waals surface area (Å²) < 4.78 is 45.2. The van der Waals surface area contributed by atoms with Crippen molar-refractivity contribution in [1.29, 1.82) is 0 Å². The Labute approximate surface area is 117 Å². The van der Waals surface area contributed by atoms with E-state index in [0.29, 0.717) is 5.69 Å². The average Bonchev–Trinajstić information content (AvgIpc) is 2.70. The van der Waals surface area contributed by atoms with Crippen molar-refractivity contribution in [3.8, 4) is 0 Å². The number of sulfonamides is 1. The molecule has 1 saturated heterocycles. The van der Waals surface area contributed by atoms with Crippen molar-refractivity contribution in [2.24, 2.45) is 5.14 Å². The Balaban J connectivity index is 2.27. The summed E-state index contributed by atoms with van der Waals surface area (Å²) in [5.41, 5.74) is 0.452. The standard InChI is InChI=1S/C11H14N2O5S2/c1-19(15,16)9-4-2-8(3-5-9)13-7-10(6-11(13)14)20(12,17)18/h2-5,10H,6-7H2,1H3,(H2,12,17,18). The molecule has 2 rings (SSSR count). The van der Waals surface area contributed by atoms with Gasteiger partial charge in [0.15, 0.2) is 9.84 Å². The second-order valence-corrected chi connectivity index (χ2v) is 8.55. The fourth-order valence-corrected chi connectivity index (χ4v) is 3.38. The van der Waals surface area contributed by atoms with E-state index in [4.69, 9.17) is 5.14 Å². The quantitative estimate of drug-likeness (QED) is 0.805. The van der Waals surface area contributed by atoms with E-state index >= 15 is 0 Å². The van der Waals surface area contributed by atoms with E-state index in [9.17, 15) is 21.6 Å². The Morgan fingerprint density at radius 1 is 1.15 bits per heavy atom. The molecule has 9 heteroatoms. The Kier molecular flexibility index (Phi) is 3.61. The zero-order valence-corrected chi connectivity index (χ0v) is 12.3. The van der Waals surface area contributed by atoms with Gasteiger partial charge in [-0.3, -0.25) is 4.79 Å². The molecule has 2 N–H and O–H groups in total. The van der Waals surface area contributed by atoms with Crippen LogP contribution in [-0.2, 0) is 24.7 Å². The summed E-state index contributed by atoms with van der Waals surface area (Å²) in [5.74, 6) is -0.351. The lowest BCUT2D eigenvalue weighted by atomic mass is 10.3. The van der Waals surface area contributed by atoms with Crippen LogP contribution >= 0.6 is 0 Å². The van der Waals surface area contributed by atoms with Crippen molar-refractivity contribution in [2.45, 2.75) is 16.6 Å². The first-order valence-electron chi connectivity index (χ1n) is 5.71. The van der Waals surface area contributed by atoms with E-state index < -0.39 is 25.1 Å². The molecule has 1 aliphatic heterocycles. The molecule has 0 bridgehead atoms. The highest BCUT2D eigenvalue weighted by Crippen LogP contribution is 2.25. The molecule has 1 fully saturated rings. The number of nitrogens with zero attached hydrogens (tertiary/aromatic N) is 1. The second kappa shape index (κ2) is 4.83. The van der Waals surface area contributed by atoms with Crippen molar-refractivity contribution in [3.05, 3.63) is 24.3 Å². The number of carbonyl (C=O) groups is 1. The Bertz CT molecular complexity index is 738. The number of sulfone groups is 1. The van der Waals surface area contributed by atoms with Crippen molar-refractivity contribution in [2.75, 3.05) is 17.7 Å². The van der Waals surface area contributed by atoms with Crippen LogP contribution in [0.4, 0.5) is 5.69 Å². The first-order chi connectivity index (χ1) is 9.09. The van der Waals surface area contributed by atoms with Crippen LogP contribution < -0.4 is 10.0 Å². The summed E-state index contributed by atoms with van der Waals surface area (Å²) in [6.07, 6.45) is 0.923. The zero-order valence-electron chi connectivity index (χ0n) is 10.7. The number of amides is 1. The number of hydrogen-bond donors (Lipinski definition) is 1. The van der Waals surface area contributed by atoms with E-state index in [2.05, 4.69) is 0 Å². The second-order valence-electron chi connectivity index (χ2n) is 4.69. The van der Waals surface area contributed by atoms with E-state index in [-0.39, 0.29) is 23.8 Å². The number of carbonyl (C=O) groups excluding carboxylic acids is 1. The number of nitrogens with two attached hydrogens (primary N) is 1. The summed E-state index contributed by atoms with van der Waals surface area (Å²) in [6, 6.07) is 5.70. The van der Waals surface area contributed by atoms with Gasteiger partial charge in [-0.2, -0.15) is 0 Å². The maximum atomic E-state index is 11.8. The summed E-state index contributed by atoms with van der Waals surface area (Å²) in [7, 11) is -7.08. The Morgan fingerprint density at radius 3 is 2.10 bits per heavy atom. The smallest absolute Gasteiger partial charge is 0.228 e. The van der Waals surface area contributed by atoms with Gasteiger partial charge in [0.05, 0.1) is 4.90 Å². The van der Waals surface area contributed by atoms with Crippen LogP contribution in [0, 0.1) is 0 Å². The third-order valence-electron chi connectivity index (χ3n) is 3.13. The fraction of sp³-hybridized carbons (Fsp3) is 0.364. The number of rotatable bonds is 3. The molecule has 110 valence electrons. The molecule has 0 saturated carbocycles. The molecule has 1 amide bonds. The van der Waals surface area contributed by atoms with Crippen molar-refractivity contribution in [1.82, 2.24) is 0 Å². The minimum atomic E-state index is -3.77. The molecule has 0 aromatic heterocycles. The summed E-state index contributed by atoms with van der Waals surface area (Å²) in [4.78, 5) is 13.2. The third-order valence-corrected chi connectivity index (χ3v) is 5.50. The largest absolute Gasteiger partial charge is 0.311 e. The van der Waals surface area contributed by atoms with Crippen LogP contribution in [0.3, 0.4) is 0 Å². The monoisotopic (exact) mass is 318 g/mol. The maximum Gasteiger partial charge on any atom is 0.228 e.